The number of benzene rings is 2. The van der Waals surface area contributed by atoms with Crippen molar-refractivity contribution in [2.24, 2.45) is 4.99 Å². The highest BCUT2D eigenvalue weighted by Gasteiger charge is 2.03. The predicted molar refractivity (Wildman–Crippen MR) is 112 cm³/mol. The Morgan fingerprint density at radius 3 is 2.24 bits per heavy atom. The molecule has 0 unspecified atom stereocenters. The number of aliphatic imine (C=N–C) groups is 1. The van der Waals surface area contributed by atoms with Crippen LogP contribution >= 0.6 is 24.0 Å². The smallest absolute Gasteiger partial charge is 0.191 e. The highest BCUT2D eigenvalue weighted by molar-refractivity contribution is 14.0. The van der Waals surface area contributed by atoms with Crippen LogP contribution in [0.15, 0.2) is 53.5 Å². The van der Waals surface area contributed by atoms with Crippen LogP contribution in [0, 0.1) is 0 Å². The summed E-state index contributed by atoms with van der Waals surface area (Å²) in [7, 11) is 1.65. The summed E-state index contributed by atoms with van der Waals surface area (Å²) in [5.74, 6) is 3.37. The first-order valence-electron chi connectivity index (χ1n) is 8.26. The number of nitrogens with zero attached hydrogens (tertiary/aromatic N) is 1. The molecular weight excluding hydrogens is 429 g/mol. The standard InChI is InChI=1S/C19H23N3O2.HI/c1-23-16-7-9-18(10-8-16)24-17-5-3-15(4-6-17)11-14-22-19-20-12-2-13-21-19;/h3-10H,2,11-14H2,1H3,(H2,20,21,22);1H. The van der Waals surface area contributed by atoms with Crippen LogP contribution in [0.5, 0.6) is 17.2 Å². The van der Waals surface area contributed by atoms with E-state index in [1.54, 1.807) is 7.11 Å². The third kappa shape index (κ3) is 6.12. The van der Waals surface area contributed by atoms with E-state index in [1.165, 1.54) is 5.56 Å². The van der Waals surface area contributed by atoms with Crippen molar-refractivity contribution in [2.75, 3.05) is 26.7 Å². The second kappa shape index (κ2) is 10.1. The van der Waals surface area contributed by atoms with E-state index in [4.69, 9.17) is 9.47 Å². The summed E-state index contributed by atoms with van der Waals surface area (Å²) in [6.45, 7) is 2.78. The molecule has 2 N–H and O–H groups in total. The average Bonchev–Trinajstić information content (AvgIpc) is 2.65. The summed E-state index contributed by atoms with van der Waals surface area (Å²) in [5, 5.41) is 6.59. The lowest BCUT2D eigenvalue weighted by Crippen LogP contribution is -2.41. The molecule has 2 aromatic rings. The highest BCUT2D eigenvalue weighted by atomic mass is 127. The van der Waals surface area contributed by atoms with Gasteiger partial charge in [-0.05, 0) is 54.8 Å². The number of hydrogen-bond acceptors (Lipinski definition) is 5. The first-order chi connectivity index (χ1) is 11.8. The minimum absolute atomic E-state index is 0. The lowest BCUT2D eigenvalue weighted by atomic mass is 10.1. The van der Waals surface area contributed by atoms with Crippen LogP contribution in [0.25, 0.3) is 0 Å². The molecule has 1 heterocycles. The fraction of sp³-hybridized carbons (Fsp3) is 0.316. The SMILES string of the molecule is COc1ccc(Oc2ccc(CCNC3=NCCCN3)cc2)cc1.I. The Hall–Kier alpha value is -1.96. The van der Waals surface area contributed by atoms with Crippen LogP contribution in [0.2, 0.25) is 0 Å². The zero-order valence-electron chi connectivity index (χ0n) is 14.3. The van der Waals surface area contributed by atoms with Gasteiger partial charge in [-0.1, -0.05) is 12.1 Å². The van der Waals surface area contributed by atoms with E-state index in [0.717, 1.165) is 55.7 Å². The fourth-order valence-electron chi connectivity index (χ4n) is 2.48. The van der Waals surface area contributed by atoms with E-state index in [-0.39, 0.29) is 24.0 Å². The molecule has 0 fully saturated rings. The van der Waals surface area contributed by atoms with Gasteiger partial charge < -0.3 is 20.1 Å². The molecule has 3 rings (SSSR count). The van der Waals surface area contributed by atoms with Gasteiger partial charge in [0, 0.05) is 19.6 Å². The normalized spacial score (nSPS) is 13.1. The van der Waals surface area contributed by atoms with Crippen LogP contribution in [0.4, 0.5) is 0 Å². The van der Waals surface area contributed by atoms with Crippen molar-refractivity contribution < 1.29 is 9.47 Å². The van der Waals surface area contributed by atoms with Crippen LogP contribution in [-0.2, 0) is 6.42 Å². The van der Waals surface area contributed by atoms with Gasteiger partial charge in [-0.2, -0.15) is 0 Å². The van der Waals surface area contributed by atoms with E-state index < -0.39 is 0 Å². The summed E-state index contributed by atoms with van der Waals surface area (Å²) < 4.78 is 11.0. The molecule has 0 atom stereocenters. The molecule has 1 aliphatic heterocycles. The molecule has 0 aromatic heterocycles. The number of nitrogens with one attached hydrogen (secondary N) is 2. The maximum atomic E-state index is 5.83. The minimum atomic E-state index is 0. The molecule has 6 heteroatoms. The monoisotopic (exact) mass is 453 g/mol. The third-order valence-electron chi connectivity index (χ3n) is 3.82. The Morgan fingerprint density at radius 1 is 1.00 bits per heavy atom. The molecule has 25 heavy (non-hydrogen) atoms. The number of ether oxygens (including phenoxy) is 2. The molecule has 2 aromatic carbocycles. The van der Waals surface area contributed by atoms with E-state index in [0.29, 0.717) is 0 Å². The highest BCUT2D eigenvalue weighted by Crippen LogP contribution is 2.24. The molecule has 0 saturated carbocycles. The molecule has 1 aliphatic rings. The van der Waals surface area contributed by atoms with E-state index >= 15 is 0 Å². The van der Waals surface area contributed by atoms with Gasteiger partial charge in [0.1, 0.15) is 17.2 Å². The molecule has 0 saturated heterocycles. The summed E-state index contributed by atoms with van der Waals surface area (Å²) >= 11 is 0. The number of methoxy groups -OCH3 is 1. The Balaban J connectivity index is 0.00000225. The third-order valence-corrected chi connectivity index (χ3v) is 3.82. The second-order valence-electron chi connectivity index (χ2n) is 5.61. The van der Waals surface area contributed by atoms with E-state index in [9.17, 15) is 0 Å². The summed E-state index contributed by atoms with van der Waals surface area (Å²) in [5.41, 5.74) is 1.26. The molecule has 0 spiro atoms. The minimum Gasteiger partial charge on any atom is -0.497 e. The maximum absolute atomic E-state index is 5.83. The van der Waals surface area contributed by atoms with Crippen molar-refractivity contribution in [3.8, 4) is 17.2 Å². The van der Waals surface area contributed by atoms with Crippen molar-refractivity contribution in [1.29, 1.82) is 0 Å². The van der Waals surface area contributed by atoms with Crippen molar-refractivity contribution in [3.63, 3.8) is 0 Å². The molecule has 0 radical (unpaired) electrons. The van der Waals surface area contributed by atoms with E-state index in [1.807, 2.05) is 36.4 Å². The molecule has 0 aliphatic carbocycles. The lowest BCUT2D eigenvalue weighted by Gasteiger charge is -2.15. The topological polar surface area (TPSA) is 54.9 Å². The van der Waals surface area contributed by atoms with Crippen molar-refractivity contribution in [1.82, 2.24) is 10.6 Å². The molecule has 134 valence electrons. The quantitative estimate of drug-likeness (QED) is 0.657. The van der Waals surface area contributed by atoms with Gasteiger partial charge in [0.05, 0.1) is 7.11 Å². The Morgan fingerprint density at radius 2 is 1.64 bits per heavy atom. The van der Waals surface area contributed by atoms with Crippen LogP contribution in [0.1, 0.15) is 12.0 Å². The predicted octanol–water partition coefficient (Wildman–Crippen LogP) is 3.59. The summed E-state index contributed by atoms with van der Waals surface area (Å²) in [6, 6.07) is 15.7. The van der Waals surface area contributed by atoms with Crippen LogP contribution in [0.3, 0.4) is 0 Å². The summed E-state index contributed by atoms with van der Waals surface area (Å²) in [4.78, 5) is 4.40. The number of halogens is 1. The number of rotatable bonds is 6. The van der Waals surface area contributed by atoms with Gasteiger partial charge in [-0.25, -0.2) is 0 Å². The van der Waals surface area contributed by atoms with Gasteiger partial charge in [-0.15, -0.1) is 24.0 Å². The first kappa shape index (κ1) is 19.4. The number of guanidine groups is 1. The van der Waals surface area contributed by atoms with Gasteiger partial charge in [0.2, 0.25) is 0 Å². The van der Waals surface area contributed by atoms with Crippen molar-refractivity contribution in [2.45, 2.75) is 12.8 Å². The van der Waals surface area contributed by atoms with Crippen molar-refractivity contribution >= 4 is 29.9 Å². The zero-order valence-corrected chi connectivity index (χ0v) is 16.7. The average molecular weight is 453 g/mol. The van der Waals surface area contributed by atoms with Gasteiger partial charge >= 0.3 is 0 Å². The largest absolute Gasteiger partial charge is 0.497 e. The van der Waals surface area contributed by atoms with Crippen molar-refractivity contribution in [3.05, 3.63) is 54.1 Å². The Bertz CT molecular complexity index is 672. The fourth-order valence-corrected chi connectivity index (χ4v) is 2.48. The number of hydrogen-bond donors (Lipinski definition) is 2. The molecular formula is C19H24IN3O2. The zero-order chi connectivity index (χ0) is 16.6. The van der Waals surface area contributed by atoms with Gasteiger partial charge in [-0.3, -0.25) is 4.99 Å². The van der Waals surface area contributed by atoms with E-state index in [2.05, 4.69) is 27.8 Å². The Labute approximate surface area is 165 Å². The maximum Gasteiger partial charge on any atom is 0.191 e. The second-order valence-corrected chi connectivity index (χ2v) is 5.61. The van der Waals surface area contributed by atoms with Gasteiger partial charge in [0.15, 0.2) is 5.96 Å². The van der Waals surface area contributed by atoms with Gasteiger partial charge in [0.25, 0.3) is 0 Å². The first-order valence-corrected chi connectivity index (χ1v) is 8.26. The molecule has 5 nitrogen and oxygen atoms in total. The Kier molecular flexibility index (Phi) is 7.84. The van der Waals surface area contributed by atoms with Crippen LogP contribution in [-0.4, -0.2) is 32.7 Å². The van der Waals surface area contributed by atoms with Crippen LogP contribution < -0.4 is 20.1 Å². The molecule has 0 amide bonds. The lowest BCUT2D eigenvalue weighted by molar-refractivity contribution is 0.413. The summed E-state index contributed by atoms with van der Waals surface area (Å²) in [6.07, 6.45) is 2.06. The molecule has 0 bridgehead atoms.